The highest BCUT2D eigenvalue weighted by Gasteiger charge is 2.19. The molecule has 0 aliphatic rings. The van der Waals surface area contributed by atoms with Gasteiger partial charge < -0.3 is 10.1 Å². The van der Waals surface area contributed by atoms with Crippen molar-refractivity contribution in [1.29, 1.82) is 0 Å². The third-order valence-electron chi connectivity index (χ3n) is 4.11. The Hall–Kier alpha value is -2.70. The number of ether oxygens (including phenoxy) is 1. The second kappa shape index (κ2) is 8.33. The zero-order valence-corrected chi connectivity index (χ0v) is 16.2. The Morgan fingerprint density at radius 2 is 1.93 bits per heavy atom. The second-order valence-electron chi connectivity index (χ2n) is 6.22. The van der Waals surface area contributed by atoms with E-state index in [4.69, 9.17) is 16.3 Å². The monoisotopic (exact) mass is 384 g/mol. The summed E-state index contributed by atoms with van der Waals surface area (Å²) in [5, 5.41) is 7.79. The van der Waals surface area contributed by atoms with Crippen LogP contribution in [0.4, 0.5) is 0 Å². The molecule has 0 spiro atoms. The first kappa shape index (κ1) is 19.1. The number of carbonyl (C=O) groups is 1. The van der Waals surface area contributed by atoms with Crippen molar-refractivity contribution < 1.29 is 9.53 Å². The number of nitrogens with zero attached hydrogens (tertiary/aromatic N) is 3. The number of benzene rings is 2. The van der Waals surface area contributed by atoms with Gasteiger partial charge in [0.25, 0.3) is 5.91 Å². The first-order valence-electron chi connectivity index (χ1n) is 8.57. The quantitative estimate of drug-likeness (QED) is 0.659. The van der Waals surface area contributed by atoms with E-state index < -0.39 is 0 Å². The minimum atomic E-state index is -0.348. The van der Waals surface area contributed by atoms with Crippen LogP contribution in [0.2, 0.25) is 5.02 Å². The van der Waals surface area contributed by atoms with Crippen LogP contribution in [0.3, 0.4) is 0 Å². The molecule has 1 amide bonds. The van der Waals surface area contributed by atoms with Crippen LogP contribution in [-0.4, -0.2) is 40.9 Å². The number of carbonyl (C=O) groups excluding carboxylic acids is 1. The highest BCUT2D eigenvalue weighted by molar-refractivity contribution is 6.30. The number of halogens is 1. The summed E-state index contributed by atoms with van der Waals surface area (Å²) in [5.74, 6) is 0.331. The third kappa shape index (κ3) is 4.35. The number of hydrogen-bond acceptors (Lipinski definition) is 4. The highest BCUT2D eigenvalue weighted by atomic mass is 35.5. The van der Waals surface area contributed by atoms with Crippen molar-refractivity contribution in [2.24, 2.45) is 0 Å². The normalized spacial score (nSPS) is 10.8. The number of aromatic nitrogens is 3. The van der Waals surface area contributed by atoms with Crippen molar-refractivity contribution in [3.05, 3.63) is 64.4 Å². The maximum atomic E-state index is 12.4. The van der Waals surface area contributed by atoms with E-state index in [1.807, 2.05) is 56.3 Å². The molecule has 0 saturated heterocycles. The largest absolute Gasteiger partial charge is 0.383 e. The van der Waals surface area contributed by atoms with Crippen LogP contribution in [-0.2, 0) is 4.74 Å². The van der Waals surface area contributed by atoms with Gasteiger partial charge in [0.2, 0.25) is 5.82 Å². The van der Waals surface area contributed by atoms with Crippen molar-refractivity contribution in [3.63, 3.8) is 0 Å². The molecule has 0 radical (unpaired) electrons. The van der Waals surface area contributed by atoms with Crippen LogP contribution in [0.1, 0.15) is 21.7 Å². The Kier molecular flexibility index (Phi) is 5.88. The molecule has 0 aliphatic carbocycles. The van der Waals surface area contributed by atoms with E-state index in [0.717, 1.165) is 22.4 Å². The predicted molar refractivity (Wildman–Crippen MR) is 105 cm³/mol. The number of rotatable bonds is 6. The van der Waals surface area contributed by atoms with Gasteiger partial charge in [-0.15, -0.1) is 5.10 Å². The predicted octanol–water partition coefficient (Wildman–Crippen LogP) is 3.58. The molecule has 27 heavy (non-hydrogen) atoms. The van der Waals surface area contributed by atoms with E-state index in [0.29, 0.717) is 24.0 Å². The van der Waals surface area contributed by atoms with E-state index in [9.17, 15) is 4.79 Å². The molecule has 0 fully saturated rings. The molecule has 0 aliphatic heterocycles. The van der Waals surface area contributed by atoms with Gasteiger partial charge in [0.1, 0.15) is 0 Å². The first-order valence-corrected chi connectivity index (χ1v) is 8.95. The molecule has 3 rings (SSSR count). The lowest BCUT2D eigenvalue weighted by Gasteiger charge is -2.09. The van der Waals surface area contributed by atoms with Gasteiger partial charge >= 0.3 is 0 Å². The molecular weight excluding hydrogens is 364 g/mol. The summed E-state index contributed by atoms with van der Waals surface area (Å²) in [7, 11) is 1.58. The Labute approximate surface area is 163 Å². The van der Waals surface area contributed by atoms with E-state index >= 15 is 0 Å². The minimum Gasteiger partial charge on any atom is -0.383 e. The lowest BCUT2D eigenvalue weighted by atomic mass is 10.1. The molecule has 7 heteroatoms. The van der Waals surface area contributed by atoms with E-state index in [1.54, 1.807) is 11.8 Å². The average Bonchev–Trinajstić information content (AvgIpc) is 3.09. The zero-order valence-electron chi connectivity index (χ0n) is 15.5. The van der Waals surface area contributed by atoms with Gasteiger partial charge in [-0.2, -0.15) is 0 Å². The van der Waals surface area contributed by atoms with Crippen LogP contribution >= 0.6 is 11.6 Å². The van der Waals surface area contributed by atoms with Gasteiger partial charge in [-0.1, -0.05) is 47.5 Å². The Morgan fingerprint density at radius 3 is 2.63 bits per heavy atom. The molecule has 0 saturated carbocycles. The summed E-state index contributed by atoms with van der Waals surface area (Å²) >= 11 is 6.18. The fourth-order valence-electron chi connectivity index (χ4n) is 2.62. The summed E-state index contributed by atoms with van der Waals surface area (Å²) in [6, 6.07) is 13.5. The molecule has 0 atom stereocenters. The molecule has 6 nitrogen and oxygen atoms in total. The fraction of sp³-hybridized carbons (Fsp3) is 0.250. The lowest BCUT2D eigenvalue weighted by molar-refractivity contribution is 0.0927. The molecule has 1 heterocycles. The Morgan fingerprint density at radius 1 is 1.19 bits per heavy atom. The van der Waals surface area contributed by atoms with Gasteiger partial charge in [-0.05, 0) is 31.5 Å². The number of hydrogen-bond donors (Lipinski definition) is 1. The molecule has 140 valence electrons. The number of nitrogens with one attached hydrogen (secondary N) is 1. The van der Waals surface area contributed by atoms with Gasteiger partial charge in [0.15, 0.2) is 5.82 Å². The second-order valence-corrected chi connectivity index (χ2v) is 6.65. The van der Waals surface area contributed by atoms with Crippen molar-refractivity contribution in [1.82, 2.24) is 20.1 Å². The van der Waals surface area contributed by atoms with E-state index in [2.05, 4.69) is 15.4 Å². The highest BCUT2D eigenvalue weighted by Crippen LogP contribution is 2.25. The lowest BCUT2D eigenvalue weighted by Crippen LogP contribution is -2.28. The van der Waals surface area contributed by atoms with Gasteiger partial charge in [0.05, 0.1) is 12.3 Å². The molecule has 1 aromatic heterocycles. The topological polar surface area (TPSA) is 69.0 Å². The Balaban J connectivity index is 2.08. The van der Waals surface area contributed by atoms with Crippen LogP contribution < -0.4 is 5.32 Å². The first-order chi connectivity index (χ1) is 13.0. The summed E-state index contributed by atoms with van der Waals surface area (Å²) < 4.78 is 6.62. The average molecular weight is 385 g/mol. The standard InChI is InChI=1S/C20H21ClN4O2/c1-13-4-7-15(8-5-13)19-23-18(20(26)22-10-11-27-3)24-25(19)17-12-16(21)9-6-14(17)2/h4-9,12H,10-11H2,1-3H3,(H,22,26). The zero-order chi connectivity index (χ0) is 19.4. The van der Waals surface area contributed by atoms with Crippen molar-refractivity contribution >= 4 is 17.5 Å². The summed E-state index contributed by atoms with van der Waals surface area (Å²) in [5.41, 5.74) is 3.76. The fourth-order valence-corrected chi connectivity index (χ4v) is 2.79. The summed E-state index contributed by atoms with van der Waals surface area (Å²) in [6.07, 6.45) is 0. The molecule has 1 N–H and O–H groups in total. The summed E-state index contributed by atoms with van der Waals surface area (Å²) in [4.78, 5) is 16.9. The Bertz CT molecular complexity index is 951. The molecule has 0 unspecified atom stereocenters. The van der Waals surface area contributed by atoms with E-state index in [1.165, 1.54) is 0 Å². The molecule has 3 aromatic rings. The molecular formula is C20H21ClN4O2. The summed E-state index contributed by atoms with van der Waals surface area (Å²) in [6.45, 7) is 4.79. The van der Waals surface area contributed by atoms with Crippen LogP contribution in [0.15, 0.2) is 42.5 Å². The smallest absolute Gasteiger partial charge is 0.291 e. The van der Waals surface area contributed by atoms with Crippen molar-refractivity contribution in [2.75, 3.05) is 20.3 Å². The van der Waals surface area contributed by atoms with E-state index in [-0.39, 0.29) is 11.7 Å². The maximum Gasteiger partial charge on any atom is 0.291 e. The van der Waals surface area contributed by atoms with Gasteiger partial charge in [0, 0.05) is 24.2 Å². The van der Waals surface area contributed by atoms with Gasteiger partial charge in [-0.3, -0.25) is 4.79 Å². The van der Waals surface area contributed by atoms with Crippen molar-refractivity contribution in [2.45, 2.75) is 13.8 Å². The SMILES string of the molecule is COCCNC(=O)c1nc(-c2ccc(C)cc2)n(-c2cc(Cl)ccc2C)n1. The van der Waals surface area contributed by atoms with Crippen LogP contribution in [0.5, 0.6) is 0 Å². The number of aryl methyl sites for hydroxylation is 2. The maximum absolute atomic E-state index is 12.4. The number of amides is 1. The number of methoxy groups -OCH3 is 1. The minimum absolute atomic E-state index is 0.0982. The molecule has 2 aromatic carbocycles. The van der Waals surface area contributed by atoms with Crippen LogP contribution in [0, 0.1) is 13.8 Å². The van der Waals surface area contributed by atoms with Gasteiger partial charge in [-0.25, -0.2) is 9.67 Å². The van der Waals surface area contributed by atoms with Crippen molar-refractivity contribution in [3.8, 4) is 17.1 Å². The van der Waals surface area contributed by atoms with Crippen LogP contribution in [0.25, 0.3) is 17.1 Å². The third-order valence-corrected chi connectivity index (χ3v) is 4.35. The molecule has 0 bridgehead atoms.